The van der Waals surface area contributed by atoms with E-state index in [9.17, 15) is 9.59 Å². The molecular weight excluding hydrogens is 304 g/mol. The summed E-state index contributed by atoms with van der Waals surface area (Å²) in [5.74, 6) is -0.176. The third-order valence-corrected chi connectivity index (χ3v) is 5.27. The maximum absolute atomic E-state index is 12.6. The van der Waals surface area contributed by atoms with Gasteiger partial charge in [0.15, 0.2) is 0 Å². The van der Waals surface area contributed by atoms with Gasteiger partial charge in [0.05, 0.1) is 23.5 Å². The van der Waals surface area contributed by atoms with Crippen LogP contribution in [0.25, 0.3) is 0 Å². The van der Waals surface area contributed by atoms with Gasteiger partial charge in [-0.3, -0.25) is 14.6 Å². The molecule has 0 spiro atoms. The Morgan fingerprint density at radius 2 is 2.00 bits per heavy atom. The number of likely N-dealkylation sites (tertiary alicyclic amines) is 1. The normalized spacial score (nSPS) is 24.3. The first-order valence-electron chi connectivity index (χ1n) is 9.01. The molecule has 1 aromatic rings. The summed E-state index contributed by atoms with van der Waals surface area (Å²) in [7, 11) is 0. The second-order valence-corrected chi connectivity index (χ2v) is 7.11. The van der Waals surface area contributed by atoms with Crippen molar-refractivity contribution in [2.24, 2.45) is 5.92 Å². The van der Waals surface area contributed by atoms with Gasteiger partial charge in [-0.05, 0) is 38.2 Å². The molecule has 128 valence electrons. The van der Waals surface area contributed by atoms with E-state index >= 15 is 0 Å². The van der Waals surface area contributed by atoms with Crippen molar-refractivity contribution in [3.8, 4) is 0 Å². The van der Waals surface area contributed by atoms with Crippen LogP contribution in [0.4, 0.5) is 11.4 Å². The lowest BCUT2D eigenvalue weighted by atomic mass is 10.1. The Labute approximate surface area is 142 Å². The van der Waals surface area contributed by atoms with E-state index in [0.29, 0.717) is 19.0 Å². The Kier molecular flexibility index (Phi) is 4.12. The lowest BCUT2D eigenvalue weighted by molar-refractivity contribution is -0.128. The second-order valence-electron chi connectivity index (χ2n) is 7.11. The molecule has 1 N–H and O–H groups in total. The first-order valence-corrected chi connectivity index (χ1v) is 9.01. The highest BCUT2D eigenvalue weighted by Gasteiger charge is 2.41. The molecule has 1 saturated carbocycles. The topological polar surface area (TPSA) is 65.5 Å². The van der Waals surface area contributed by atoms with Crippen LogP contribution in [0.2, 0.25) is 0 Å². The number of aromatic nitrogens is 1. The summed E-state index contributed by atoms with van der Waals surface area (Å²) in [6.45, 7) is 2.60. The summed E-state index contributed by atoms with van der Waals surface area (Å²) in [6.07, 6.45) is 9.63. The van der Waals surface area contributed by atoms with Gasteiger partial charge >= 0.3 is 0 Å². The van der Waals surface area contributed by atoms with Crippen molar-refractivity contribution in [3.05, 3.63) is 18.5 Å². The fourth-order valence-corrected chi connectivity index (χ4v) is 3.78. The van der Waals surface area contributed by atoms with E-state index in [0.717, 1.165) is 37.3 Å². The smallest absolute Gasteiger partial charge is 0.229 e. The van der Waals surface area contributed by atoms with Crippen molar-refractivity contribution in [3.63, 3.8) is 0 Å². The minimum atomic E-state index is -0.243. The molecule has 6 nitrogen and oxygen atoms in total. The van der Waals surface area contributed by atoms with Crippen molar-refractivity contribution >= 4 is 23.2 Å². The molecule has 3 fully saturated rings. The average Bonchev–Trinajstić information content (AvgIpc) is 3.38. The molecule has 2 amide bonds. The van der Waals surface area contributed by atoms with Gasteiger partial charge in [-0.2, -0.15) is 0 Å². The molecule has 3 aliphatic rings. The van der Waals surface area contributed by atoms with Crippen molar-refractivity contribution in [2.75, 3.05) is 29.9 Å². The van der Waals surface area contributed by atoms with E-state index in [1.807, 2.05) is 11.0 Å². The fraction of sp³-hybridized carbons (Fsp3) is 0.611. The highest BCUT2D eigenvalue weighted by molar-refractivity contribution is 5.99. The molecule has 0 unspecified atom stereocenters. The third kappa shape index (κ3) is 3.09. The summed E-state index contributed by atoms with van der Waals surface area (Å²) >= 11 is 0. The van der Waals surface area contributed by atoms with Crippen LogP contribution >= 0.6 is 0 Å². The number of nitrogens with zero attached hydrogens (tertiary/aromatic N) is 3. The number of rotatable bonds is 4. The zero-order valence-electron chi connectivity index (χ0n) is 13.9. The van der Waals surface area contributed by atoms with Gasteiger partial charge in [0.2, 0.25) is 11.8 Å². The Bertz CT molecular complexity index is 638. The lowest BCUT2D eigenvalue weighted by Crippen LogP contribution is -2.32. The zero-order valence-corrected chi connectivity index (χ0v) is 13.9. The van der Waals surface area contributed by atoms with E-state index < -0.39 is 0 Å². The minimum absolute atomic E-state index is 0.0576. The van der Waals surface area contributed by atoms with Gasteiger partial charge in [-0.25, -0.2) is 0 Å². The quantitative estimate of drug-likeness (QED) is 0.918. The molecule has 1 aliphatic carbocycles. The van der Waals surface area contributed by atoms with Crippen LogP contribution in [-0.2, 0) is 9.59 Å². The van der Waals surface area contributed by atoms with Crippen LogP contribution in [0.1, 0.15) is 38.5 Å². The molecule has 0 aromatic carbocycles. The van der Waals surface area contributed by atoms with Gasteiger partial charge in [-0.1, -0.05) is 0 Å². The predicted molar refractivity (Wildman–Crippen MR) is 91.8 cm³/mol. The number of piperidine rings is 1. The first kappa shape index (κ1) is 15.4. The van der Waals surface area contributed by atoms with Crippen molar-refractivity contribution in [1.82, 2.24) is 9.88 Å². The fourth-order valence-electron chi connectivity index (χ4n) is 3.78. The molecule has 1 atom stereocenters. The summed E-state index contributed by atoms with van der Waals surface area (Å²) in [5.41, 5.74) is 1.81. The number of hydrogen-bond acceptors (Lipinski definition) is 4. The molecule has 2 saturated heterocycles. The Balaban J connectivity index is 1.45. The Morgan fingerprint density at radius 1 is 1.21 bits per heavy atom. The number of hydrogen-bond donors (Lipinski definition) is 1. The average molecular weight is 328 g/mol. The van der Waals surface area contributed by atoms with Crippen LogP contribution in [0.15, 0.2) is 18.5 Å². The molecule has 3 heterocycles. The molecule has 6 heteroatoms. The molecule has 24 heavy (non-hydrogen) atoms. The minimum Gasteiger partial charge on any atom is -0.370 e. The number of pyridine rings is 1. The predicted octanol–water partition coefficient (Wildman–Crippen LogP) is 2.02. The molecule has 0 bridgehead atoms. The van der Waals surface area contributed by atoms with Crippen LogP contribution in [0, 0.1) is 5.92 Å². The van der Waals surface area contributed by atoms with Crippen molar-refractivity contribution in [2.45, 2.75) is 44.6 Å². The third-order valence-electron chi connectivity index (χ3n) is 5.27. The Morgan fingerprint density at radius 3 is 2.75 bits per heavy atom. The summed E-state index contributed by atoms with van der Waals surface area (Å²) < 4.78 is 0. The maximum Gasteiger partial charge on any atom is 0.229 e. The molecule has 0 radical (unpaired) electrons. The zero-order chi connectivity index (χ0) is 16.5. The van der Waals surface area contributed by atoms with Crippen molar-refractivity contribution < 1.29 is 9.59 Å². The van der Waals surface area contributed by atoms with E-state index in [-0.39, 0.29) is 17.7 Å². The van der Waals surface area contributed by atoms with Gasteiger partial charge in [-0.15, -0.1) is 0 Å². The summed E-state index contributed by atoms with van der Waals surface area (Å²) in [4.78, 5) is 33.1. The number of carbonyl (C=O) groups is 2. The van der Waals surface area contributed by atoms with Gasteiger partial charge < -0.3 is 15.1 Å². The summed E-state index contributed by atoms with van der Waals surface area (Å²) in [6, 6.07) is 2.36. The standard InChI is InChI=1S/C18H24N4O2/c23-17-10-13(12-22(17)14-4-5-14)18(24)20-15-11-19-7-6-16(15)21-8-2-1-3-9-21/h6-7,11,13-14H,1-5,8-10,12H2,(H,20,24)/t13-/m1/s1. The number of anilines is 2. The number of amides is 2. The number of nitrogens with one attached hydrogen (secondary N) is 1. The number of carbonyl (C=O) groups excluding carboxylic acids is 2. The molecule has 1 aromatic heterocycles. The lowest BCUT2D eigenvalue weighted by Gasteiger charge is -2.30. The van der Waals surface area contributed by atoms with Crippen LogP contribution in [0.5, 0.6) is 0 Å². The highest BCUT2D eigenvalue weighted by atomic mass is 16.2. The van der Waals surface area contributed by atoms with E-state index in [4.69, 9.17) is 0 Å². The SMILES string of the molecule is O=C(Nc1cnccc1N1CCCCC1)[C@@H]1CC(=O)N(C2CC2)C1. The summed E-state index contributed by atoms with van der Waals surface area (Å²) in [5, 5.41) is 3.03. The van der Waals surface area contributed by atoms with E-state index in [1.54, 1.807) is 12.4 Å². The van der Waals surface area contributed by atoms with Crippen LogP contribution in [0.3, 0.4) is 0 Å². The van der Waals surface area contributed by atoms with Crippen LogP contribution < -0.4 is 10.2 Å². The molecule has 4 rings (SSSR count). The molecular formula is C18H24N4O2. The molecule has 2 aliphatic heterocycles. The second kappa shape index (κ2) is 6.42. The monoisotopic (exact) mass is 328 g/mol. The largest absolute Gasteiger partial charge is 0.370 e. The van der Waals surface area contributed by atoms with Gasteiger partial charge in [0.25, 0.3) is 0 Å². The van der Waals surface area contributed by atoms with Crippen LogP contribution in [-0.4, -0.2) is 47.4 Å². The van der Waals surface area contributed by atoms with Gasteiger partial charge in [0, 0.05) is 38.3 Å². The van der Waals surface area contributed by atoms with Crippen molar-refractivity contribution in [1.29, 1.82) is 0 Å². The maximum atomic E-state index is 12.6. The highest BCUT2D eigenvalue weighted by Crippen LogP contribution is 2.33. The van der Waals surface area contributed by atoms with Gasteiger partial charge in [0.1, 0.15) is 0 Å². The first-order chi connectivity index (χ1) is 11.7. The van der Waals surface area contributed by atoms with E-state index in [1.165, 1.54) is 19.3 Å². The Hall–Kier alpha value is -2.11. The van der Waals surface area contributed by atoms with E-state index in [2.05, 4.69) is 15.2 Å².